The standard InChI is InChI=1S/C37H41NO5/c1-3-15-36(41)17-13-30-28-12-16-35(40)23-37(42-19-20-43-37)18-14-31(35)32(28)29(21-34(30,36)2)25-8-10-27(11-9-25)33(39)26-6-4-24(22-38)5-7-26/h4-11,28-32,40-41H,12-14,16-21,23H2,1-2H3. The second kappa shape index (κ2) is 10.3. The Morgan fingerprint density at radius 3 is 2.21 bits per heavy atom. The SMILES string of the molecule is CC#CC1(O)CCC2C3CCC4(O)CC5(CCC4C3C(c3ccc(C(=O)c4ccc(C#N)cc4)cc3)CC21C)OCCO5. The van der Waals surface area contributed by atoms with Crippen molar-refractivity contribution in [2.45, 2.75) is 88.1 Å². The third-order valence-electron chi connectivity index (χ3n) is 12.2. The minimum atomic E-state index is -1.03. The first kappa shape index (κ1) is 28.8. The fraction of sp³-hybridized carbons (Fsp3) is 0.568. The molecule has 1 saturated heterocycles. The first-order valence-corrected chi connectivity index (χ1v) is 16.0. The van der Waals surface area contributed by atoms with Crippen molar-refractivity contribution in [3.05, 3.63) is 70.8 Å². The fourth-order valence-electron chi connectivity index (χ4n) is 10.2. The van der Waals surface area contributed by atoms with Crippen molar-refractivity contribution in [2.75, 3.05) is 13.2 Å². The molecule has 1 aliphatic heterocycles. The van der Waals surface area contributed by atoms with Crippen LogP contribution in [-0.2, 0) is 9.47 Å². The Bertz CT molecular complexity index is 1510. The van der Waals surface area contributed by atoms with E-state index in [-0.39, 0.29) is 29.0 Å². The summed E-state index contributed by atoms with van der Waals surface area (Å²) in [4.78, 5) is 13.3. The zero-order valence-corrected chi connectivity index (χ0v) is 25.1. The predicted molar refractivity (Wildman–Crippen MR) is 161 cm³/mol. The van der Waals surface area contributed by atoms with Crippen LogP contribution in [0.4, 0.5) is 0 Å². The van der Waals surface area contributed by atoms with Crippen molar-refractivity contribution in [1.29, 1.82) is 5.26 Å². The van der Waals surface area contributed by atoms with Gasteiger partial charge in [-0.05, 0) is 105 Å². The molecule has 7 rings (SSSR count). The molecule has 0 radical (unpaired) electrons. The van der Waals surface area contributed by atoms with E-state index >= 15 is 0 Å². The molecule has 224 valence electrons. The van der Waals surface area contributed by atoms with Gasteiger partial charge in [-0.15, -0.1) is 5.92 Å². The number of aliphatic hydroxyl groups is 2. The number of fused-ring (bicyclic) bond motifs is 5. The summed E-state index contributed by atoms with van der Waals surface area (Å²) in [5.41, 5.74) is 0.603. The maximum Gasteiger partial charge on any atom is 0.193 e. The van der Waals surface area contributed by atoms with Crippen LogP contribution in [0.25, 0.3) is 0 Å². The summed E-state index contributed by atoms with van der Waals surface area (Å²) in [7, 11) is 0. The Kier molecular flexibility index (Phi) is 6.88. The lowest BCUT2D eigenvalue weighted by molar-refractivity contribution is -0.259. The summed E-state index contributed by atoms with van der Waals surface area (Å²) in [6, 6.07) is 16.8. The molecule has 5 aliphatic rings. The van der Waals surface area contributed by atoms with Crippen LogP contribution in [0.5, 0.6) is 0 Å². The van der Waals surface area contributed by atoms with Crippen molar-refractivity contribution in [3.8, 4) is 17.9 Å². The Hall–Kier alpha value is -3.00. The number of carbonyl (C=O) groups excluding carboxylic acids is 1. The normalized spacial score (nSPS) is 39.1. The number of nitriles is 1. The molecule has 8 unspecified atom stereocenters. The lowest BCUT2D eigenvalue weighted by Gasteiger charge is -2.62. The summed E-state index contributed by atoms with van der Waals surface area (Å²) < 4.78 is 12.2. The second-order valence-electron chi connectivity index (χ2n) is 14.1. The van der Waals surface area contributed by atoms with Gasteiger partial charge in [-0.1, -0.05) is 37.1 Å². The summed E-state index contributed by atoms with van der Waals surface area (Å²) in [6.45, 7) is 5.23. The van der Waals surface area contributed by atoms with Gasteiger partial charge in [-0.2, -0.15) is 5.26 Å². The van der Waals surface area contributed by atoms with E-state index in [1.54, 1.807) is 24.3 Å². The van der Waals surface area contributed by atoms with Crippen molar-refractivity contribution >= 4 is 5.78 Å². The molecule has 1 heterocycles. The van der Waals surface area contributed by atoms with Gasteiger partial charge < -0.3 is 19.7 Å². The van der Waals surface area contributed by atoms with Gasteiger partial charge in [0.15, 0.2) is 11.6 Å². The molecule has 43 heavy (non-hydrogen) atoms. The maximum absolute atomic E-state index is 13.3. The van der Waals surface area contributed by atoms with Crippen LogP contribution in [0, 0.1) is 52.3 Å². The van der Waals surface area contributed by atoms with Crippen LogP contribution >= 0.6 is 0 Å². The highest BCUT2D eigenvalue weighted by molar-refractivity contribution is 6.09. The molecule has 5 fully saturated rings. The van der Waals surface area contributed by atoms with Crippen molar-refractivity contribution < 1.29 is 24.5 Å². The fourth-order valence-corrected chi connectivity index (χ4v) is 10.2. The number of benzene rings is 2. The molecule has 4 saturated carbocycles. The van der Waals surface area contributed by atoms with Gasteiger partial charge in [-0.3, -0.25) is 4.79 Å². The van der Waals surface area contributed by atoms with E-state index in [1.807, 2.05) is 19.1 Å². The Morgan fingerprint density at radius 1 is 0.907 bits per heavy atom. The third-order valence-corrected chi connectivity index (χ3v) is 12.2. The summed E-state index contributed by atoms with van der Waals surface area (Å²) in [5, 5.41) is 33.4. The monoisotopic (exact) mass is 579 g/mol. The van der Waals surface area contributed by atoms with Crippen LogP contribution in [0.3, 0.4) is 0 Å². The Balaban J connectivity index is 1.25. The molecule has 2 aromatic carbocycles. The van der Waals surface area contributed by atoms with Gasteiger partial charge in [-0.25, -0.2) is 0 Å². The molecule has 8 atom stereocenters. The molecule has 0 aromatic heterocycles. The van der Waals surface area contributed by atoms with Crippen LogP contribution < -0.4 is 0 Å². The number of hydrogen-bond acceptors (Lipinski definition) is 6. The first-order valence-electron chi connectivity index (χ1n) is 16.0. The van der Waals surface area contributed by atoms with Crippen LogP contribution in [0.15, 0.2) is 48.5 Å². The van der Waals surface area contributed by atoms with E-state index in [4.69, 9.17) is 14.7 Å². The molecule has 2 aromatic rings. The van der Waals surface area contributed by atoms with E-state index < -0.39 is 17.0 Å². The zero-order valence-electron chi connectivity index (χ0n) is 25.1. The molecule has 0 amide bonds. The van der Waals surface area contributed by atoms with Crippen LogP contribution in [0.1, 0.15) is 98.2 Å². The van der Waals surface area contributed by atoms with E-state index in [0.29, 0.717) is 54.6 Å². The third kappa shape index (κ3) is 4.41. The molecule has 6 heteroatoms. The van der Waals surface area contributed by atoms with Gasteiger partial charge in [0, 0.05) is 29.4 Å². The number of ketones is 1. The van der Waals surface area contributed by atoms with Gasteiger partial charge >= 0.3 is 0 Å². The van der Waals surface area contributed by atoms with Crippen molar-refractivity contribution in [3.63, 3.8) is 0 Å². The van der Waals surface area contributed by atoms with E-state index in [2.05, 4.69) is 37.0 Å². The summed E-state index contributed by atoms with van der Waals surface area (Å²) in [5.74, 6) is 6.74. The number of rotatable bonds is 3. The lowest BCUT2D eigenvalue weighted by atomic mass is 9.44. The Labute approximate surface area is 254 Å². The summed E-state index contributed by atoms with van der Waals surface area (Å²) in [6.07, 6.45) is 6.23. The lowest BCUT2D eigenvalue weighted by Crippen LogP contribution is -2.62. The number of ether oxygens (including phenoxy) is 2. The summed E-state index contributed by atoms with van der Waals surface area (Å²) >= 11 is 0. The van der Waals surface area contributed by atoms with Crippen LogP contribution in [-0.4, -0.2) is 46.2 Å². The average molecular weight is 580 g/mol. The maximum atomic E-state index is 13.3. The minimum absolute atomic E-state index is 0.0749. The quantitative estimate of drug-likeness (QED) is 0.355. The highest BCUT2D eigenvalue weighted by Gasteiger charge is 2.67. The minimum Gasteiger partial charge on any atom is -0.389 e. The second-order valence-corrected chi connectivity index (χ2v) is 14.1. The first-order chi connectivity index (χ1) is 20.6. The largest absolute Gasteiger partial charge is 0.389 e. The predicted octanol–water partition coefficient (Wildman–Crippen LogP) is 5.75. The van der Waals surface area contributed by atoms with Gasteiger partial charge in [0.25, 0.3) is 0 Å². The van der Waals surface area contributed by atoms with Gasteiger partial charge in [0.05, 0.1) is 30.4 Å². The van der Waals surface area contributed by atoms with E-state index in [1.165, 1.54) is 0 Å². The number of hydrogen-bond donors (Lipinski definition) is 2. The van der Waals surface area contributed by atoms with Gasteiger partial charge in [0.2, 0.25) is 0 Å². The van der Waals surface area contributed by atoms with E-state index in [0.717, 1.165) is 44.1 Å². The van der Waals surface area contributed by atoms with Crippen LogP contribution in [0.2, 0.25) is 0 Å². The molecular formula is C37H41NO5. The molecule has 6 nitrogen and oxygen atoms in total. The van der Waals surface area contributed by atoms with E-state index in [9.17, 15) is 15.0 Å². The molecule has 0 bridgehead atoms. The highest BCUT2D eigenvalue weighted by atomic mass is 16.7. The zero-order chi connectivity index (χ0) is 30.0. The molecule has 1 spiro atoms. The highest BCUT2D eigenvalue weighted by Crippen LogP contribution is 2.69. The smallest absolute Gasteiger partial charge is 0.193 e. The molecular weight excluding hydrogens is 538 g/mol. The van der Waals surface area contributed by atoms with Gasteiger partial charge in [0.1, 0.15) is 5.60 Å². The van der Waals surface area contributed by atoms with Crippen molar-refractivity contribution in [2.24, 2.45) is 29.1 Å². The molecule has 4 aliphatic carbocycles. The number of carbonyl (C=O) groups is 1. The number of nitrogens with zero attached hydrogens (tertiary/aromatic N) is 1. The Morgan fingerprint density at radius 2 is 1.56 bits per heavy atom. The molecule has 2 N–H and O–H groups in total. The average Bonchev–Trinajstić information content (AvgIpc) is 3.57. The van der Waals surface area contributed by atoms with Crippen molar-refractivity contribution in [1.82, 2.24) is 0 Å². The topological polar surface area (TPSA) is 99.8 Å².